The zero-order valence-corrected chi connectivity index (χ0v) is 16.8. The van der Waals surface area contributed by atoms with Crippen LogP contribution in [0.3, 0.4) is 0 Å². The number of fused-ring (bicyclic) bond motifs is 2. The lowest BCUT2D eigenvalue weighted by atomic mass is 10.0. The lowest BCUT2D eigenvalue weighted by Crippen LogP contribution is -2.12. The summed E-state index contributed by atoms with van der Waals surface area (Å²) in [6.07, 6.45) is 0. The fourth-order valence-corrected chi connectivity index (χ4v) is 3.85. The van der Waals surface area contributed by atoms with E-state index in [0.717, 1.165) is 27.5 Å². The number of carbonyl (C=O) groups excluding carboxylic acids is 1. The molecule has 0 spiro atoms. The highest BCUT2D eigenvalue weighted by atomic mass is 16.3. The Bertz CT molecular complexity index is 1390. The summed E-state index contributed by atoms with van der Waals surface area (Å²) in [5, 5.41) is 4.95. The fourth-order valence-electron chi connectivity index (χ4n) is 3.85. The van der Waals surface area contributed by atoms with Crippen molar-refractivity contribution >= 4 is 33.5 Å². The van der Waals surface area contributed by atoms with Crippen LogP contribution >= 0.6 is 0 Å². The van der Waals surface area contributed by atoms with Crippen LogP contribution in [0.5, 0.6) is 0 Å². The van der Waals surface area contributed by atoms with E-state index in [1.807, 2.05) is 60.7 Å². The zero-order chi connectivity index (χ0) is 20.7. The summed E-state index contributed by atoms with van der Waals surface area (Å²) >= 11 is 0. The van der Waals surface area contributed by atoms with Crippen molar-refractivity contribution in [1.29, 1.82) is 0 Å². The number of aromatic nitrogens is 1. The van der Waals surface area contributed by atoms with Crippen molar-refractivity contribution in [2.24, 2.45) is 0 Å². The van der Waals surface area contributed by atoms with Crippen LogP contribution in [-0.2, 0) is 0 Å². The van der Waals surface area contributed by atoms with Crippen molar-refractivity contribution in [3.8, 4) is 11.5 Å². The van der Waals surface area contributed by atoms with Gasteiger partial charge in [0, 0.05) is 16.8 Å². The van der Waals surface area contributed by atoms with E-state index in [1.54, 1.807) is 0 Å². The van der Waals surface area contributed by atoms with E-state index in [0.29, 0.717) is 28.2 Å². The number of carbonyl (C=O) groups is 1. The lowest BCUT2D eigenvalue weighted by molar-refractivity contribution is 0.102. The van der Waals surface area contributed by atoms with E-state index in [-0.39, 0.29) is 5.91 Å². The highest BCUT2D eigenvalue weighted by molar-refractivity contribution is 6.13. The molecule has 1 amide bonds. The molecule has 5 rings (SSSR count). The van der Waals surface area contributed by atoms with E-state index >= 15 is 0 Å². The Labute approximate surface area is 174 Å². The maximum Gasteiger partial charge on any atom is 0.256 e. The first-order chi connectivity index (χ1) is 14.6. The van der Waals surface area contributed by atoms with Gasteiger partial charge in [0.2, 0.25) is 5.89 Å². The molecule has 4 aromatic carbocycles. The van der Waals surface area contributed by atoms with Crippen LogP contribution in [0.25, 0.3) is 33.3 Å². The minimum Gasteiger partial charge on any atom is -0.436 e. The number of nitrogens with zero attached hydrogens (tertiary/aromatic N) is 1. The molecule has 1 heterocycles. The number of nitrogens with one attached hydrogen (secondary N) is 1. The number of oxazole rings is 1. The van der Waals surface area contributed by atoms with Crippen molar-refractivity contribution in [2.75, 3.05) is 5.32 Å². The average Bonchev–Trinajstić information content (AvgIpc) is 3.16. The van der Waals surface area contributed by atoms with Crippen molar-refractivity contribution in [2.45, 2.75) is 13.8 Å². The Morgan fingerprint density at radius 3 is 2.47 bits per heavy atom. The Morgan fingerprint density at radius 1 is 0.867 bits per heavy atom. The van der Waals surface area contributed by atoms with Gasteiger partial charge in [-0.3, -0.25) is 4.79 Å². The van der Waals surface area contributed by atoms with Crippen molar-refractivity contribution in [3.05, 3.63) is 95.6 Å². The topological polar surface area (TPSA) is 55.1 Å². The molecule has 4 heteroatoms. The summed E-state index contributed by atoms with van der Waals surface area (Å²) in [5.74, 6) is 0.429. The van der Waals surface area contributed by atoms with Crippen molar-refractivity contribution < 1.29 is 9.21 Å². The highest BCUT2D eigenvalue weighted by Crippen LogP contribution is 2.28. The summed E-state index contributed by atoms with van der Waals surface area (Å²) in [6.45, 7) is 4.11. The van der Waals surface area contributed by atoms with Crippen LogP contribution in [0.2, 0.25) is 0 Å². The van der Waals surface area contributed by atoms with Crippen molar-refractivity contribution in [1.82, 2.24) is 4.98 Å². The van der Waals surface area contributed by atoms with Crippen LogP contribution in [0.1, 0.15) is 21.5 Å². The first-order valence-electron chi connectivity index (χ1n) is 9.85. The predicted molar refractivity (Wildman–Crippen MR) is 121 cm³/mol. The maximum atomic E-state index is 12.9. The SMILES string of the molecule is Cc1cc(C)cc(-c2nc3cc(NC(=O)c4cccc5ccccc45)ccc3o2)c1. The third-order valence-electron chi connectivity index (χ3n) is 5.15. The molecule has 0 aliphatic heterocycles. The number of rotatable bonds is 3. The van der Waals surface area contributed by atoms with Gasteiger partial charge in [0.1, 0.15) is 5.52 Å². The maximum absolute atomic E-state index is 12.9. The monoisotopic (exact) mass is 392 g/mol. The first kappa shape index (κ1) is 18.1. The molecule has 0 bridgehead atoms. The smallest absolute Gasteiger partial charge is 0.256 e. The molecule has 0 saturated carbocycles. The number of hydrogen-bond acceptors (Lipinski definition) is 3. The molecule has 0 fully saturated rings. The van der Waals surface area contributed by atoms with Gasteiger partial charge < -0.3 is 9.73 Å². The summed E-state index contributed by atoms with van der Waals surface area (Å²) in [7, 11) is 0. The summed E-state index contributed by atoms with van der Waals surface area (Å²) < 4.78 is 5.94. The second-order valence-electron chi connectivity index (χ2n) is 7.56. The van der Waals surface area contributed by atoms with Crippen LogP contribution in [0.4, 0.5) is 5.69 Å². The van der Waals surface area contributed by atoms with Crippen LogP contribution in [0.15, 0.2) is 83.3 Å². The molecule has 0 radical (unpaired) electrons. The molecule has 0 saturated heterocycles. The van der Waals surface area contributed by atoms with Gasteiger partial charge in [-0.1, -0.05) is 53.6 Å². The van der Waals surface area contributed by atoms with E-state index in [1.165, 1.54) is 0 Å². The Kier molecular flexibility index (Phi) is 4.32. The van der Waals surface area contributed by atoms with E-state index < -0.39 is 0 Å². The third-order valence-corrected chi connectivity index (χ3v) is 5.15. The molecule has 146 valence electrons. The molecule has 0 aliphatic rings. The Morgan fingerprint density at radius 2 is 1.63 bits per heavy atom. The lowest BCUT2D eigenvalue weighted by Gasteiger charge is -2.08. The van der Waals surface area contributed by atoms with Crippen LogP contribution in [0, 0.1) is 13.8 Å². The number of amides is 1. The van der Waals surface area contributed by atoms with E-state index in [4.69, 9.17) is 4.42 Å². The molecule has 5 aromatic rings. The second kappa shape index (κ2) is 7.16. The van der Waals surface area contributed by atoms with Crippen LogP contribution in [-0.4, -0.2) is 10.9 Å². The number of hydrogen-bond donors (Lipinski definition) is 1. The normalized spacial score (nSPS) is 11.1. The summed E-state index contributed by atoms with van der Waals surface area (Å²) in [4.78, 5) is 17.5. The molecular formula is C26H20N2O2. The molecular weight excluding hydrogens is 372 g/mol. The number of anilines is 1. The number of aryl methyl sites for hydroxylation is 2. The fraction of sp³-hybridized carbons (Fsp3) is 0.0769. The van der Waals surface area contributed by atoms with Gasteiger partial charge in [-0.15, -0.1) is 0 Å². The van der Waals surface area contributed by atoms with Gasteiger partial charge in [0.05, 0.1) is 0 Å². The third kappa shape index (κ3) is 3.33. The predicted octanol–water partition coefficient (Wildman–Crippen LogP) is 6.52. The Balaban J connectivity index is 1.47. The second-order valence-corrected chi connectivity index (χ2v) is 7.56. The summed E-state index contributed by atoms with van der Waals surface area (Å²) in [6, 6.07) is 25.4. The molecule has 0 unspecified atom stereocenters. The molecule has 0 aliphatic carbocycles. The highest BCUT2D eigenvalue weighted by Gasteiger charge is 2.13. The van der Waals surface area contributed by atoms with E-state index in [2.05, 4.69) is 42.3 Å². The van der Waals surface area contributed by atoms with E-state index in [9.17, 15) is 4.79 Å². The van der Waals surface area contributed by atoms with Gasteiger partial charge in [0.25, 0.3) is 5.91 Å². The van der Waals surface area contributed by atoms with Gasteiger partial charge in [0.15, 0.2) is 5.58 Å². The van der Waals surface area contributed by atoms with Crippen molar-refractivity contribution in [3.63, 3.8) is 0 Å². The largest absolute Gasteiger partial charge is 0.436 e. The molecule has 1 aromatic heterocycles. The molecule has 1 N–H and O–H groups in total. The summed E-state index contributed by atoms with van der Waals surface area (Å²) in [5.41, 5.74) is 5.99. The minimum absolute atomic E-state index is 0.149. The molecule has 30 heavy (non-hydrogen) atoms. The Hall–Kier alpha value is -3.92. The molecule has 0 atom stereocenters. The first-order valence-corrected chi connectivity index (χ1v) is 9.85. The number of benzene rings is 4. The van der Waals surface area contributed by atoms with Gasteiger partial charge in [-0.2, -0.15) is 0 Å². The van der Waals surface area contributed by atoms with Gasteiger partial charge >= 0.3 is 0 Å². The van der Waals surface area contributed by atoms with Gasteiger partial charge in [-0.05, 0) is 61.0 Å². The van der Waals surface area contributed by atoms with Crippen LogP contribution < -0.4 is 5.32 Å². The standard InChI is InChI=1S/C26H20N2O2/c1-16-12-17(2)14-19(13-16)26-28-23-15-20(10-11-24(23)30-26)27-25(29)22-9-5-7-18-6-3-4-8-21(18)22/h3-15H,1-2H3,(H,27,29). The molecule has 4 nitrogen and oxygen atoms in total. The van der Waals surface area contributed by atoms with Gasteiger partial charge in [-0.25, -0.2) is 4.98 Å². The minimum atomic E-state index is -0.149. The quantitative estimate of drug-likeness (QED) is 0.380. The zero-order valence-electron chi connectivity index (χ0n) is 16.8. The average molecular weight is 392 g/mol.